The first-order chi connectivity index (χ1) is 11.6. The van der Waals surface area contributed by atoms with Crippen molar-refractivity contribution >= 4 is 35.8 Å². The van der Waals surface area contributed by atoms with Gasteiger partial charge in [-0.3, -0.25) is 9.79 Å². The Bertz CT molecular complexity index is 590. The van der Waals surface area contributed by atoms with Crippen molar-refractivity contribution in [2.45, 2.75) is 33.1 Å². The second kappa shape index (κ2) is 11.3. The van der Waals surface area contributed by atoms with Crippen LogP contribution in [0.5, 0.6) is 0 Å². The van der Waals surface area contributed by atoms with E-state index in [0.29, 0.717) is 19.6 Å². The molecule has 1 aliphatic carbocycles. The first-order valence-corrected chi connectivity index (χ1v) is 8.65. The lowest BCUT2D eigenvalue weighted by molar-refractivity contribution is -0.122. The third-order valence-corrected chi connectivity index (χ3v) is 3.96. The molecule has 0 radical (unpaired) electrons. The maximum Gasteiger partial charge on any atom is 0.223 e. The summed E-state index contributed by atoms with van der Waals surface area (Å²) in [6.07, 6.45) is 2.80. The van der Waals surface area contributed by atoms with Crippen molar-refractivity contribution < 1.29 is 9.18 Å². The van der Waals surface area contributed by atoms with Crippen LogP contribution >= 0.6 is 24.0 Å². The Morgan fingerprint density at radius 3 is 2.60 bits per heavy atom. The van der Waals surface area contributed by atoms with E-state index in [1.165, 1.54) is 6.07 Å². The van der Waals surface area contributed by atoms with Gasteiger partial charge in [0.1, 0.15) is 5.82 Å². The molecular formula is C18H28FIN4O. The molecule has 1 aromatic rings. The minimum absolute atomic E-state index is 0. The fourth-order valence-electron chi connectivity index (χ4n) is 2.43. The largest absolute Gasteiger partial charge is 0.357 e. The standard InChI is InChI=1S/C18H27FN4O.HI/c1-3-20-18(23-11-10-21-17(24)15-4-5-15)22-9-8-14-6-7-16(19)12-13(14)2;/h6-7,12,15H,3-5,8-11H2,1-2H3,(H,21,24)(H2,20,22,23);1H. The van der Waals surface area contributed by atoms with Gasteiger partial charge in [-0.15, -0.1) is 24.0 Å². The minimum atomic E-state index is -0.206. The molecule has 0 heterocycles. The van der Waals surface area contributed by atoms with Crippen LogP contribution in [0, 0.1) is 18.7 Å². The fraction of sp³-hybridized carbons (Fsp3) is 0.556. The number of amides is 1. The van der Waals surface area contributed by atoms with Crippen molar-refractivity contribution in [1.29, 1.82) is 0 Å². The quantitative estimate of drug-likeness (QED) is 0.241. The van der Waals surface area contributed by atoms with Gasteiger partial charge in [0, 0.05) is 32.1 Å². The summed E-state index contributed by atoms with van der Waals surface area (Å²) in [6, 6.07) is 4.84. The third kappa shape index (κ3) is 8.02. The molecule has 0 aliphatic heterocycles. The van der Waals surface area contributed by atoms with Crippen LogP contribution in [0.1, 0.15) is 30.9 Å². The molecule has 3 N–H and O–H groups in total. The summed E-state index contributed by atoms with van der Waals surface area (Å²) in [6.45, 7) is 6.55. The molecule has 0 atom stereocenters. The average molecular weight is 462 g/mol. The Kier molecular flexibility index (Phi) is 9.77. The Labute approximate surface area is 166 Å². The highest BCUT2D eigenvalue weighted by Gasteiger charge is 2.28. The molecule has 1 aliphatic rings. The third-order valence-electron chi connectivity index (χ3n) is 3.96. The molecule has 1 amide bonds. The van der Waals surface area contributed by atoms with Gasteiger partial charge >= 0.3 is 0 Å². The molecule has 140 valence electrons. The van der Waals surface area contributed by atoms with Crippen LogP contribution < -0.4 is 16.0 Å². The maximum absolute atomic E-state index is 13.1. The summed E-state index contributed by atoms with van der Waals surface area (Å²) in [5.41, 5.74) is 2.05. The zero-order valence-corrected chi connectivity index (χ0v) is 17.2. The van der Waals surface area contributed by atoms with Crippen LogP contribution in [0.2, 0.25) is 0 Å². The highest BCUT2D eigenvalue weighted by Crippen LogP contribution is 2.28. The van der Waals surface area contributed by atoms with Crippen LogP contribution in [0.25, 0.3) is 0 Å². The summed E-state index contributed by atoms with van der Waals surface area (Å²) in [5, 5.41) is 9.31. The molecule has 1 saturated carbocycles. The van der Waals surface area contributed by atoms with Gasteiger partial charge in [-0.05, 0) is 56.4 Å². The lowest BCUT2D eigenvalue weighted by Crippen LogP contribution is -2.41. The molecule has 7 heteroatoms. The van der Waals surface area contributed by atoms with E-state index in [4.69, 9.17) is 0 Å². The smallest absolute Gasteiger partial charge is 0.223 e. The summed E-state index contributed by atoms with van der Waals surface area (Å²) in [7, 11) is 0. The van der Waals surface area contributed by atoms with Crippen molar-refractivity contribution in [1.82, 2.24) is 16.0 Å². The van der Waals surface area contributed by atoms with Gasteiger partial charge in [0.2, 0.25) is 5.91 Å². The number of hydrogen-bond acceptors (Lipinski definition) is 2. The number of rotatable bonds is 8. The normalized spacial score (nSPS) is 13.8. The SMILES string of the molecule is CCNC(=NCCc1ccc(F)cc1C)NCCNC(=O)C1CC1.I. The number of aliphatic imine (C=N–C) groups is 1. The monoisotopic (exact) mass is 462 g/mol. The highest BCUT2D eigenvalue weighted by atomic mass is 127. The van der Waals surface area contributed by atoms with E-state index < -0.39 is 0 Å². The first-order valence-electron chi connectivity index (χ1n) is 8.65. The number of hydrogen-bond donors (Lipinski definition) is 3. The molecule has 0 bridgehead atoms. The van der Waals surface area contributed by atoms with Crippen LogP contribution in [-0.4, -0.2) is 38.0 Å². The van der Waals surface area contributed by atoms with Crippen LogP contribution in [-0.2, 0) is 11.2 Å². The van der Waals surface area contributed by atoms with Gasteiger partial charge in [0.05, 0.1) is 0 Å². The Morgan fingerprint density at radius 2 is 1.96 bits per heavy atom. The second-order valence-electron chi connectivity index (χ2n) is 6.07. The van der Waals surface area contributed by atoms with Gasteiger partial charge in [-0.2, -0.15) is 0 Å². The molecule has 0 unspecified atom stereocenters. The van der Waals surface area contributed by atoms with E-state index in [9.17, 15) is 9.18 Å². The number of carbonyl (C=O) groups excluding carboxylic acids is 1. The van der Waals surface area contributed by atoms with E-state index >= 15 is 0 Å². The fourth-order valence-corrected chi connectivity index (χ4v) is 2.43. The highest BCUT2D eigenvalue weighted by molar-refractivity contribution is 14.0. The lowest BCUT2D eigenvalue weighted by atomic mass is 10.1. The minimum Gasteiger partial charge on any atom is -0.357 e. The molecular weight excluding hydrogens is 434 g/mol. The van der Waals surface area contributed by atoms with E-state index in [0.717, 1.165) is 42.9 Å². The Morgan fingerprint density at radius 1 is 1.24 bits per heavy atom. The molecule has 2 rings (SSSR count). The zero-order valence-electron chi connectivity index (χ0n) is 14.9. The first kappa shape index (κ1) is 21.7. The van der Waals surface area contributed by atoms with Crippen molar-refractivity contribution in [2.75, 3.05) is 26.2 Å². The van der Waals surface area contributed by atoms with Gasteiger partial charge in [0.25, 0.3) is 0 Å². The van der Waals surface area contributed by atoms with E-state index in [2.05, 4.69) is 20.9 Å². The van der Waals surface area contributed by atoms with Gasteiger partial charge < -0.3 is 16.0 Å². The molecule has 0 saturated heterocycles. The summed E-state index contributed by atoms with van der Waals surface area (Å²) in [4.78, 5) is 16.1. The number of aryl methyl sites for hydroxylation is 1. The maximum atomic E-state index is 13.1. The molecule has 5 nitrogen and oxygen atoms in total. The molecule has 0 aromatic heterocycles. The predicted octanol–water partition coefficient (Wildman–Crippen LogP) is 2.38. The van der Waals surface area contributed by atoms with E-state index in [-0.39, 0.29) is 41.6 Å². The van der Waals surface area contributed by atoms with Crippen LogP contribution in [0.4, 0.5) is 4.39 Å². The lowest BCUT2D eigenvalue weighted by Gasteiger charge is -2.12. The number of guanidine groups is 1. The summed E-state index contributed by atoms with van der Waals surface area (Å²) < 4.78 is 13.1. The van der Waals surface area contributed by atoms with Crippen molar-refractivity contribution in [3.05, 3.63) is 35.1 Å². The molecule has 1 fully saturated rings. The van der Waals surface area contributed by atoms with Gasteiger partial charge in [-0.25, -0.2) is 4.39 Å². The molecule has 1 aromatic carbocycles. The second-order valence-corrected chi connectivity index (χ2v) is 6.07. The molecule has 25 heavy (non-hydrogen) atoms. The van der Waals surface area contributed by atoms with Crippen LogP contribution in [0.15, 0.2) is 23.2 Å². The average Bonchev–Trinajstić information content (AvgIpc) is 3.38. The zero-order chi connectivity index (χ0) is 17.4. The predicted molar refractivity (Wildman–Crippen MR) is 110 cm³/mol. The molecule has 0 spiro atoms. The number of nitrogens with one attached hydrogen (secondary N) is 3. The Hall–Kier alpha value is -1.38. The number of carbonyl (C=O) groups is 1. The van der Waals surface area contributed by atoms with Gasteiger partial charge in [-0.1, -0.05) is 6.07 Å². The Balaban J connectivity index is 0.00000312. The van der Waals surface area contributed by atoms with Crippen molar-refractivity contribution in [3.63, 3.8) is 0 Å². The number of benzene rings is 1. The van der Waals surface area contributed by atoms with E-state index in [1.807, 2.05) is 19.9 Å². The summed E-state index contributed by atoms with van der Waals surface area (Å²) in [5.74, 6) is 0.928. The van der Waals surface area contributed by atoms with E-state index in [1.54, 1.807) is 6.07 Å². The van der Waals surface area contributed by atoms with Crippen LogP contribution in [0.3, 0.4) is 0 Å². The van der Waals surface area contributed by atoms with Gasteiger partial charge in [0.15, 0.2) is 5.96 Å². The van der Waals surface area contributed by atoms with Crippen molar-refractivity contribution in [3.8, 4) is 0 Å². The summed E-state index contributed by atoms with van der Waals surface area (Å²) >= 11 is 0. The number of nitrogens with zero attached hydrogens (tertiary/aromatic N) is 1. The van der Waals surface area contributed by atoms with Crippen molar-refractivity contribution in [2.24, 2.45) is 10.9 Å². The number of halogens is 2. The topological polar surface area (TPSA) is 65.5 Å².